The number of H-pyrrole nitrogens is 1. The van der Waals surface area contributed by atoms with Crippen LogP contribution in [0.1, 0.15) is 56.9 Å². The Morgan fingerprint density at radius 3 is 2.60 bits per heavy atom. The molecule has 0 unspecified atom stereocenters. The molecule has 1 saturated heterocycles. The number of aromatic amines is 1. The maximum atomic E-state index is 12.7. The maximum Gasteiger partial charge on any atom is 0.324 e. The van der Waals surface area contributed by atoms with E-state index >= 15 is 0 Å². The van der Waals surface area contributed by atoms with Gasteiger partial charge in [0.25, 0.3) is 5.91 Å². The van der Waals surface area contributed by atoms with Crippen LogP contribution in [0.2, 0.25) is 0 Å². The summed E-state index contributed by atoms with van der Waals surface area (Å²) < 4.78 is 0. The number of amides is 4. The predicted molar refractivity (Wildman–Crippen MR) is 115 cm³/mol. The van der Waals surface area contributed by atoms with Gasteiger partial charge in [0.05, 0.1) is 6.42 Å². The van der Waals surface area contributed by atoms with Crippen LogP contribution in [0.3, 0.4) is 0 Å². The van der Waals surface area contributed by atoms with Crippen molar-refractivity contribution in [1.29, 1.82) is 0 Å². The highest BCUT2D eigenvalue weighted by Crippen LogP contribution is 2.20. The van der Waals surface area contributed by atoms with E-state index < -0.39 is 12.1 Å². The number of hydrogen-bond donors (Lipinski definition) is 3. The van der Waals surface area contributed by atoms with Gasteiger partial charge < -0.3 is 15.6 Å². The Labute approximate surface area is 176 Å². The van der Waals surface area contributed by atoms with E-state index in [1.165, 1.54) is 24.2 Å². The number of carbonyl (C=O) groups is 3. The molecule has 30 heavy (non-hydrogen) atoms. The highest BCUT2D eigenvalue weighted by atomic mass is 16.2. The van der Waals surface area contributed by atoms with E-state index in [2.05, 4.69) is 15.6 Å². The van der Waals surface area contributed by atoms with E-state index in [0.29, 0.717) is 13.0 Å². The summed E-state index contributed by atoms with van der Waals surface area (Å²) >= 11 is 0. The molecule has 2 aliphatic rings. The molecule has 0 spiro atoms. The van der Waals surface area contributed by atoms with E-state index in [9.17, 15) is 14.4 Å². The zero-order valence-corrected chi connectivity index (χ0v) is 17.3. The van der Waals surface area contributed by atoms with E-state index in [4.69, 9.17) is 0 Å². The molecule has 1 aromatic carbocycles. The topological polar surface area (TPSA) is 94.3 Å². The molecule has 2 heterocycles. The largest absolute Gasteiger partial charge is 0.361 e. The predicted octanol–water partition coefficient (Wildman–Crippen LogP) is 3.25. The van der Waals surface area contributed by atoms with Crippen LogP contribution in [0.15, 0.2) is 30.5 Å². The summed E-state index contributed by atoms with van der Waals surface area (Å²) in [5.74, 6) is -0.467. The smallest absolute Gasteiger partial charge is 0.324 e. The summed E-state index contributed by atoms with van der Waals surface area (Å²) in [5, 5.41) is 6.85. The zero-order chi connectivity index (χ0) is 20.9. The molecule has 0 bridgehead atoms. The van der Waals surface area contributed by atoms with Crippen LogP contribution in [0.5, 0.6) is 0 Å². The van der Waals surface area contributed by atoms with Gasteiger partial charge in [-0.3, -0.25) is 14.5 Å². The summed E-state index contributed by atoms with van der Waals surface area (Å²) in [6.07, 6.45) is 10.5. The molecule has 1 aromatic heterocycles. The van der Waals surface area contributed by atoms with Crippen LogP contribution in [0.25, 0.3) is 10.9 Å². The Bertz CT molecular complexity index is 914. The fourth-order valence-corrected chi connectivity index (χ4v) is 4.57. The summed E-state index contributed by atoms with van der Waals surface area (Å²) in [4.78, 5) is 42.0. The fourth-order valence-electron chi connectivity index (χ4n) is 4.57. The molecule has 1 aliphatic carbocycles. The Morgan fingerprint density at radius 1 is 1.07 bits per heavy atom. The summed E-state index contributed by atoms with van der Waals surface area (Å²) in [6.45, 7) is 0.299. The molecule has 160 valence electrons. The van der Waals surface area contributed by atoms with Gasteiger partial charge in [-0.05, 0) is 30.9 Å². The number of rotatable bonds is 6. The molecule has 3 N–H and O–H groups in total. The summed E-state index contributed by atoms with van der Waals surface area (Å²) in [7, 11) is 0. The fraction of sp³-hybridized carbons (Fsp3) is 0.522. The van der Waals surface area contributed by atoms with Gasteiger partial charge in [-0.15, -0.1) is 0 Å². The first-order valence-electron chi connectivity index (χ1n) is 11.1. The number of para-hydroxylation sites is 1. The van der Waals surface area contributed by atoms with Crippen LogP contribution >= 0.6 is 0 Å². The lowest BCUT2D eigenvalue weighted by molar-refractivity contribution is -0.131. The summed E-state index contributed by atoms with van der Waals surface area (Å²) in [6, 6.07) is 6.96. The Hall–Kier alpha value is -2.83. The second-order valence-electron chi connectivity index (χ2n) is 8.42. The van der Waals surface area contributed by atoms with Crippen molar-refractivity contribution in [2.45, 2.75) is 69.9 Å². The first kappa shape index (κ1) is 20.4. The monoisotopic (exact) mass is 410 g/mol. The molecule has 7 nitrogen and oxygen atoms in total. The number of urea groups is 1. The lowest BCUT2D eigenvalue weighted by atomic mass is 9.96. The quantitative estimate of drug-likeness (QED) is 0.638. The van der Waals surface area contributed by atoms with Gasteiger partial charge in [0, 0.05) is 29.7 Å². The van der Waals surface area contributed by atoms with E-state index in [1.54, 1.807) is 0 Å². The third-order valence-corrected chi connectivity index (χ3v) is 6.25. The van der Waals surface area contributed by atoms with Crippen LogP contribution < -0.4 is 10.6 Å². The van der Waals surface area contributed by atoms with Crippen molar-refractivity contribution in [2.75, 3.05) is 6.54 Å². The van der Waals surface area contributed by atoms with Crippen molar-refractivity contribution in [3.8, 4) is 0 Å². The molecule has 4 amide bonds. The molecule has 1 aliphatic heterocycles. The first-order valence-corrected chi connectivity index (χ1v) is 11.1. The minimum Gasteiger partial charge on any atom is -0.361 e. The normalized spacial score (nSPS) is 20.8. The Kier molecular flexibility index (Phi) is 6.35. The van der Waals surface area contributed by atoms with E-state index in [-0.39, 0.29) is 24.3 Å². The molecule has 7 heteroatoms. The molecule has 1 saturated carbocycles. The van der Waals surface area contributed by atoms with E-state index in [1.807, 2.05) is 30.5 Å². The lowest BCUT2D eigenvalue weighted by Crippen LogP contribution is -2.41. The van der Waals surface area contributed by atoms with Crippen molar-refractivity contribution in [3.05, 3.63) is 36.0 Å². The Morgan fingerprint density at radius 2 is 1.80 bits per heavy atom. The highest BCUT2D eigenvalue weighted by molar-refractivity contribution is 6.05. The van der Waals surface area contributed by atoms with E-state index in [0.717, 1.165) is 42.1 Å². The zero-order valence-electron chi connectivity index (χ0n) is 17.3. The standard InChI is InChI=1S/C23H30N4O3/c28-21(25-17-8-4-2-1-3-5-9-17)14-20-22(29)27(23(30)26-20)13-12-16-15-24-19-11-7-6-10-18(16)19/h6-7,10-11,15,17,20,24H,1-5,8-9,12-14H2,(H,25,28)(H,26,30)/t20-/m1/s1. The maximum absolute atomic E-state index is 12.7. The van der Waals surface area contributed by atoms with Gasteiger partial charge in [-0.2, -0.15) is 0 Å². The number of nitrogens with one attached hydrogen (secondary N) is 3. The van der Waals surface area contributed by atoms with Gasteiger partial charge >= 0.3 is 6.03 Å². The molecule has 0 radical (unpaired) electrons. The van der Waals surface area contributed by atoms with Crippen molar-refractivity contribution in [2.24, 2.45) is 0 Å². The van der Waals surface area contributed by atoms with Crippen molar-refractivity contribution < 1.29 is 14.4 Å². The number of hydrogen-bond acceptors (Lipinski definition) is 3. The van der Waals surface area contributed by atoms with Crippen LogP contribution in [-0.2, 0) is 16.0 Å². The number of nitrogens with zero attached hydrogens (tertiary/aromatic N) is 1. The Balaban J connectivity index is 1.30. The molecular weight excluding hydrogens is 380 g/mol. The second-order valence-corrected chi connectivity index (χ2v) is 8.42. The third kappa shape index (κ3) is 4.66. The number of aromatic nitrogens is 1. The number of carbonyl (C=O) groups excluding carboxylic acids is 3. The average Bonchev–Trinajstić information content (AvgIpc) is 3.23. The van der Waals surface area contributed by atoms with Crippen molar-refractivity contribution >= 4 is 28.7 Å². The highest BCUT2D eigenvalue weighted by Gasteiger charge is 2.39. The second kappa shape index (κ2) is 9.32. The number of benzene rings is 1. The van der Waals surface area contributed by atoms with Gasteiger partial charge in [-0.1, -0.05) is 50.3 Å². The van der Waals surface area contributed by atoms with Crippen LogP contribution in [0, 0.1) is 0 Å². The molecule has 1 atom stereocenters. The SMILES string of the molecule is O=C(C[C@H]1NC(=O)N(CCc2c[nH]c3ccccc23)C1=O)NC1CCCCCCC1. The van der Waals surface area contributed by atoms with Crippen molar-refractivity contribution in [1.82, 2.24) is 20.5 Å². The minimum absolute atomic E-state index is 0.00462. The minimum atomic E-state index is -0.769. The molecule has 4 rings (SSSR count). The van der Waals surface area contributed by atoms with Crippen LogP contribution in [-0.4, -0.2) is 46.4 Å². The molecule has 2 aromatic rings. The van der Waals surface area contributed by atoms with Gasteiger partial charge in [-0.25, -0.2) is 4.79 Å². The number of fused-ring (bicyclic) bond motifs is 1. The van der Waals surface area contributed by atoms with Crippen LogP contribution in [0.4, 0.5) is 4.79 Å². The third-order valence-electron chi connectivity index (χ3n) is 6.25. The number of imide groups is 1. The van der Waals surface area contributed by atoms with Gasteiger partial charge in [0.15, 0.2) is 0 Å². The summed E-state index contributed by atoms with van der Waals surface area (Å²) in [5.41, 5.74) is 2.10. The van der Waals surface area contributed by atoms with Gasteiger partial charge in [0.2, 0.25) is 5.91 Å². The average molecular weight is 411 g/mol. The molecular formula is C23H30N4O3. The van der Waals surface area contributed by atoms with Gasteiger partial charge in [0.1, 0.15) is 6.04 Å². The lowest BCUT2D eigenvalue weighted by Gasteiger charge is -2.21. The first-order chi connectivity index (χ1) is 14.6. The molecule has 2 fully saturated rings. The van der Waals surface area contributed by atoms with Crippen molar-refractivity contribution in [3.63, 3.8) is 0 Å².